The highest BCUT2D eigenvalue weighted by Crippen LogP contribution is 2.38. The Labute approximate surface area is 180 Å². The smallest absolute Gasteiger partial charge is 0.259 e. The van der Waals surface area contributed by atoms with Gasteiger partial charge in [0.1, 0.15) is 5.56 Å². The second-order valence-corrected chi connectivity index (χ2v) is 7.84. The number of hydrogen-bond donors (Lipinski definition) is 0. The van der Waals surface area contributed by atoms with Crippen LogP contribution in [-0.2, 0) is 13.0 Å². The van der Waals surface area contributed by atoms with Crippen LogP contribution in [-0.4, -0.2) is 43.8 Å². The molecule has 31 heavy (non-hydrogen) atoms. The molecule has 0 aliphatic carbocycles. The number of nitrogens with zero attached hydrogens (tertiary/aromatic N) is 2. The molecule has 0 saturated heterocycles. The molecule has 1 atom stereocenters. The third-order valence-electron chi connectivity index (χ3n) is 5.85. The summed E-state index contributed by atoms with van der Waals surface area (Å²) in [5, 5.41) is 0.592. The normalized spacial score (nSPS) is 14.5. The lowest BCUT2D eigenvalue weighted by molar-refractivity contribution is 0.0783. The molecule has 2 heterocycles. The van der Waals surface area contributed by atoms with Crippen molar-refractivity contribution in [2.45, 2.75) is 25.9 Å². The molecular formula is C24H26N2O5. The van der Waals surface area contributed by atoms with Crippen LogP contribution in [0.1, 0.15) is 34.5 Å². The molecule has 0 radical (unpaired) electrons. The molecule has 0 unspecified atom stereocenters. The molecule has 7 nitrogen and oxygen atoms in total. The summed E-state index contributed by atoms with van der Waals surface area (Å²) in [4.78, 5) is 27.9. The molecule has 1 aliphatic heterocycles. The van der Waals surface area contributed by atoms with Crippen LogP contribution < -0.4 is 19.6 Å². The monoisotopic (exact) mass is 422 g/mol. The molecule has 162 valence electrons. The first kappa shape index (κ1) is 20.8. The van der Waals surface area contributed by atoms with E-state index in [0.29, 0.717) is 22.6 Å². The summed E-state index contributed by atoms with van der Waals surface area (Å²) in [7, 11) is 6.31. The molecule has 0 fully saturated rings. The van der Waals surface area contributed by atoms with Gasteiger partial charge in [-0.05, 0) is 42.7 Å². The van der Waals surface area contributed by atoms with Crippen LogP contribution in [0, 0.1) is 0 Å². The van der Waals surface area contributed by atoms with E-state index in [1.54, 1.807) is 52.8 Å². The number of pyridine rings is 1. The number of carbonyl (C=O) groups is 1. The van der Waals surface area contributed by atoms with Crippen molar-refractivity contribution in [3.8, 4) is 17.2 Å². The van der Waals surface area contributed by atoms with Gasteiger partial charge in [-0.15, -0.1) is 0 Å². The van der Waals surface area contributed by atoms with E-state index in [0.717, 1.165) is 23.1 Å². The maximum Gasteiger partial charge on any atom is 0.259 e. The first-order valence-electron chi connectivity index (χ1n) is 10.1. The fraction of sp³-hybridized carbons (Fsp3) is 0.333. The van der Waals surface area contributed by atoms with Gasteiger partial charge in [-0.25, -0.2) is 0 Å². The molecule has 3 aromatic rings. The summed E-state index contributed by atoms with van der Waals surface area (Å²) < 4.78 is 18.2. The molecule has 1 aliphatic rings. The van der Waals surface area contributed by atoms with Crippen molar-refractivity contribution in [1.82, 2.24) is 9.47 Å². The van der Waals surface area contributed by atoms with Gasteiger partial charge >= 0.3 is 0 Å². The van der Waals surface area contributed by atoms with Crippen molar-refractivity contribution in [3.63, 3.8) is 0 Å². The third kappa shape index (κ3) is 3.40. The number of aromatic nitrogens is 1. The van der Waals surface area contributed by atoms with Crippen molar-refractivity contribution in [3.05, 3.63) is 63.4 Å². The van der Waals surface area contributed by atoms with Gasteiger partial charge in [-0.1, -0.05) is 12.1 Å². The predicted octanol–water partition coefficient (Wildman–Crippen LogP) is 3.42. The minimum absolute atomic E-state index is 0.174. The zero-order valence-electron chi connectivity index (χ0n) is 18.4. The van der Waals surface area contributed by atoms with Gasteiger partial charge in [0, 0.05) is 31.2 Å². The maximum absolute atomic E-state index is 13.3. The quantitative estimate of drug-likeness (QED) is 0.609. The number of amides is 1. The van der Waals surface area contributed by atoms with Gasteiger partial charge in [0.15, 0.2) is 11.5 Å². The average Bonchev–Trinajstić information content (AvgIpc) is 3.10. The summed E-state index contributed by atoms with van der Waals surface area (Å²) in [5.41, 5.74) is 2.82. The van der Waals surface area contributed by atoms with Crippen molar-refractivity contribution in [2.75, 3.05) is 28.4 Å². The molecule has 2 aromatic carbocycles. The Hall–Kier alpha value is -3.48. The lowest BCUT2D eigenvalue weighted by atomic mass is 10.1. The molecular weight excluding hydrogens is 396 g/mol. The molecule has 4 rings (SSSR count). The standard InChI is InChI=1S/C24H26N2O5/c1-14-9-16-7-6-8-17-21(16)26(14)13-18(22(17)27)24(28)25(2)12-15-10-19(29-3)23(31-5)20(11-15)30-4/h6-8,10-11,13-14H,9,12H2,1-5H3/t14-/m1/s1. The largest absolute Gasteiger partial charge is 0.493 e. The Morgan fingerprint density at radius 1 is 1.13 bits per heavy atom. The lowest BCUT2D eigenvalue weighted by Gasteiger charge is -2.20. The first-order chi connectivity index (χ1) is 14.9. The van der Waals surface area contributed by atoms with E-state index >= 15 is 0 Å². The first-order valence-corrected chi connectivity index (χ1v) is 10.1. The highest BCUT2D eigenvalue weighted by Gasteiger charge is 2.26. The van der Waals surface area contributed by atoms with E-state index in [9.17, 15) is 9.59 Å². The summed E-state index contributed by atoms with van der Waals surface area (Å²) in [6.07, 6.45) is 2.57. The van der Waals surface area contributed by atoms with E-state index < -0.39 is 0 Å². The fourth-order valence-electron chi connectivity index (χ4n) is 4.35. The van der Waals surface area contributed by atoms with Crippen molar-refractivity contribution < 1.29 is 19.0 Å². The van der Waals surface area contributed by atoms with Crippen LogP contribution in [0.25, 0.3) is 10.9 Å². The van der Waals surface area contributed by atoms with E-state index in [1.807, 2.05) is 16.7 Å². The van der Waals surface area contributed by atoms with Crippen molar-refractivity contribution in [1.29, 1.82) is 0 Å². The van der Waals surface area contributed by atoms with Gasteiger partial charge in [-0.2, -0.15) is 0 Å². The number of rotatable bonds is 6. The number of ether oxygens (including phenoxy) is 3. The number of benzene rings is 2. The number of hydrogen-bond acceptors (Lipinski definition) is 5. The van der Waals surface area contributed by atoms with E-state index in [-0.39, 0.29) is 29.5 Å². The van der Waals surface area contributed by atoms with E-state index in [1.165, 1.54) is 4.90 Å². The molecule has 1 aromatic heterocycles. The van der Waals surface area contributed by atoms with Gasteiger partial charge in [0.05, 0.1) is 26.8 Å². The number of carbonyl (C=O) groups excluding carboxylic acids is 1. The van der Waals surface area contributed by atoms with E-state index in [4.69, 9.17) is 14.2 Å². The van der Waals surface area contributed by atoms with Gasteiger partial charge in [-0.3, -0.25) is 9.59 Å². The molecule has 1 amide bonds. The van der Waals surface area contributed by atoms with E-state index in [2.05, 4.69) is 6.92 Å². The average molecular weight is 422 g/mol. The Balaban J connectivity index is 1.70. The summed E-state index contributed by atoms with van der Waals surface area (Å²) in [5.74, 6) is 1.19. The number of methoxy groups -OCH3 is 3. The minimum Gasteiger partial charge on any atom is -0.493 e. The number of para-hydroxylation sites is 1. The van der Waals surface area contributed by atoms with Crippen LogP contribution in [0.2, 0.25) is 0 Å². The van der Waals surface area contributed by atoms with Crippen LogP contribution >= 0.6 is 0 Å². The molecule has 0 saturated carbocycles. The summed E-state index contributed by atoms with van der Waals surface area (Å²) in [6.45, 7) is 2.38. The van der Waals surface area contributed by atoms with Gasteiger partial charge in [0.2, 0.25) is 11.2 Å². The highest BCUT2D eigenvalue weighted by atomic mass is 16.5. The van der Waals surface area contributed by atoms with Gasteiger partial charge < -0.3 is 23.7 Å². The predicted molar refractivity (Wildman–Crippen MR) is 119 cm³/mol. The lowest BCUT2D eigenvalue weighted by Crippen LogP contribution is -2.31. The maximum atomic E-state index is 13.3. The summed E-state index contributed by atoms with van der Waals surface area (Å²) in [6, 6.07) is 9.52. The Morgan fingerprint density at radius 3 is 2.42 bits per heavy atom. The van der Waals surface area contributed by atoms with Gasteiger partial charge in [0.25, 0.3) is 5.91 Å². The van der Waals surface area contributed by atoms with Crippen LogP contribution in [0.4, 0.5) is 0 Å². The SMILES string of the molecule is COc1cc(CN(C)C(=O)c2cn3c4c(cccc4c2=O)C[C@H]3C)cc(OC)c1OC. The van der Waals surface area contributed by atoms with Crippen molar-refractivity contribution >= 4 is 16.8 Å². The van der Waals surface area contributed by atoms with Crippen LogP contribution in [0.3, 0.4) is 0 Å². The molecule has 0 spiro atoms. The topological polar surface area (TPSA) is 70.0 Å². The second-order valence-electron chi connectivity index (χ2n) is 7.84. The van der Waals surface area contributed by atoms with Crippen molar-refractivity contribution in [2.24, 2.45) is 0 Å². The van der Waals surface area contributed by atoms with Crippen LogP contribution in [0.5, 0.6) is 17.2 Å². The Morgan fingerprint density at radius 2 is 1.81 bits per heavy atom. The molecule has 0 bridgehead atoms. The summed E-state index contributed by atoms with van der Waals surface area (Å²) >= 11 is 0. The fourth-order valence-corrected chi connectivity index (χ4v) is 4.35. The second kappa shape index (κ2) is 7.98. The molecule has 0 N–H and O–H groups in total. The zero-order chi connectivity index (χ0) is 22.3. The highest BCUT2D eigenvalue weighted by molar-refractivity contribution is 5.98. The Bertz CT molecular complexity index is 1210. The zero-order valence-corrected chi connectivity index (χ0v) is 18.4. The third-order valence-corrected chi connectivity index (χ3v) is 5.85. The molecule has 7 heteroatoms. The minimum atomic E-state index is -0.325. The van der Waals surface area contributed by atoms with Crippen LogP contribution in [0.15, 0.2) is 41.3 Å². The Kier molecular flexibility index (Phi) is 5.35.